The van der Waals surface area contributed by atoms with E-state index in [0.717, 1.165) is 24.2 Å². The van der Waals surface area contributed by atoms with Crippen LogP contribution in [-0.4, -0.2) is 16.6 Å². The molecule has 1 heterocycles. The fraction of sp³-hybridized carbons (Fsp3) is 0.308. The van der Waals surface area contributed by atoms with Crippen molar-refractivity contribution in [1.29, 1.82) is 0 Å². The van der Waals surface area contributed by atoms with Crippen LogP contribution in [-0.2, 0) is 6.42 Å². The molecule has 0 fully saturated rings. The Hall–Kier alpha value is -1.39. The average molecular weight is 248 g/mol. The Kier molecular flexibility index (Phi) is 4.12. The minimum Gasteiger partial charge on any atom is -0.508 e. The van der Waals surface area contributed by atoms with Crippen LogP contribution in [0.1, 0.15) is 24.2 Å². The van der Waals surface area contributed by atoms with Crippen LogP contribution in [0.25, 0.3) is 0 Å². The first-order chi connectivity index (χ1) is 8.27. The topological polar surface area (TPSA) is 45.2 Å². The molecule has 4 heteroatoms. The van der Waals surface area contributed by atoms with E-state index in [2.05, 4.69) is 22.6 Å². The summed E-state index contributed by atoms with van der Waals surface area (Å²) in [4.78, 5) is 4.23. The zero-order chi connectivity index (χ0) is 12.1. The summed E-state index contributed by atoms with van der Waals surface area (Å²) in [5, 5.41) is 15.2. The molecule has 17 heavy (non-hydrogen) atoms. The summed E-state index contributed by atoms with van der Waals surface area (Å²) in [7, 11) is 0. The third-order valence-corrected chi connectivity index (χ3v) is 3.35. The summed E-state index contributed by atoms with van der Waals surface area (Å²) in [6.07, 6.45) is 0.918. The number of hydrogen-bond donors (Lipinski definition) is 2. The van der Waals surface area contributed by atoms with Crippen molar-refractivity contribution in [2.45, 2.75) is 19.4 Å². The second kappa shape index (κ2) is 5.80. The molecule has 2 N–H and O–H groups in total. The minimum absolute atomic E-state index is 0.148. The molecule has 0 saturated heterocycles. The number of para-hydroxylation sites is 1. The summed E-state index contributed by atoms with van der Waals surface area (Å²) < 4.78 is 0. The molecule has 0 saturated carbocycles. The van der Waals surface area contributed by atoms with Gasteiger partial charge < -0.3 is 10.4 Å². The molecule has 0 bridgehead atoms. The van der Waals surface area contributed by atoms with Gasteiger partial charge in [0.15, 0.2) is 0 Å². The Morgan fingerprint density at radius 2 is 2.24 bits per heavy atom. The molecular formula is C13H16N2OS. The lowest BCUT2D eigenvalue weighted by atomic mass is 10.1. The first kappa shape index (κ1) is 12.1. The monoisotopic (exact) mass is 248 g/mol. The van der Waals surface area contributed by atoms with Crippen molar-refractivity contribution in [3.63, 3.8) is 0 Å². The van der Waals surface area contributed by atoms with E-state index in [-0.39, 0.29) is 6.04 Å². The molecule has 1 aromatic heterocycles. The lowest BCUT2D eigenvalue weighted by molar-refractivity contribution is 0.453. The van der Waals surface area contributed by atoms with Gasteiger partial charge in [0.1, 0.15) is 5.75 Å². The number of rotatable bonds is 5. The van der Waals surface area contributed by atoms with Gasteiger partial charge in [-0.2, -0.15) is 0 Å². The van der Waals surface area contributed by atoms with Gasteiger partial charge >= 0.3 is 0 Å². The molecule has 0 aliphatic rings. The summed E-state index contributed by atoms with van der Waals surface area (Å²) in [5.41, 5.74) is 3.90. The third-order valence-electron chi connectivity index (χ3n) is 2.72. The number of hydrogen-bond acceptors (Lipinski definition) is 4. The quantitative estimate of drug-likeness (QED) is 0.855. The number of nitrogens with one attached hydrogen (secondary N) is 1. The van der Waals surface area contributed by atoms with Crippen molar-refractivity contribution in [2.24, 2.45) is 0 Å². The van der Waals surface area contributed by atoms with E-state index in [1.54, 1.807) is 17.4 Å². The highest BCUT2D eigenvalue weighted by Crippen LogP contribution is 2.22. The number of aromatic hydroxyl groups is 1. The smallest absolute Gasteiger partial charge is 0.120 e. The molecule has 0 amide bonds. The highest BCUT2D eigenvalue weighted by Gasteiger charge is 2.08. The summed E-state index contributed by atoms with van der Waals surface area (Å²) >= 11 is 1.62. The number of nitrogens with zero attached hydrogens (tertiary/aromatic N) is 1. The van der Waals surface area contributed by atoms with Crippen LogP contribution < -0.4 is 5.32 Å². The number of thiazole rings is 1. The van der Waals surface area contributed by atoms with Gasteiger partial charge in [0.05, 0.1) is 11.2 Å². The van der Waals surface area contributed by atoms with Gasteiger partial charge in [-0.05, 0) is 13.0 Å². The number of phenolic OH excluding ortho intramolecular Hbond substituents is 1. The zero-order valence-corrected chi connectivity index (χ0v) is 10.6. The average Bonchev–Trinajstić information content (AvgIpc) is 2.82. The predicted molar refractivity (Wildman–Crippen MR) is 70.3 cm³/mol. The van der Waals surface area contributed by atoms with Crippen molar-refractivity contribution < 1.29 is 5.11 Å². The van der Waals surface area contributed by atoms with Crippen molar-refractivity contribution in [3.05, 3.63) is 46.4 Å². The van der Waals surface area contributed by atoms with E-state index in [0.29, 0.717) is 5.75 Å². The van der Waals surface area contributed by atoms with E-state index in [1.165, 1.54) is 0 Å². The molecule has 90 valence electrons. The van der Waals surface area contributed by atoms with Gasteiger partial charge in [0.2, 0.25) is 0 Å². The van der Waals surface area contributed by atoms with Crippen LogP contribution in [0.2, 0.25) is 0 Å². The molecule has 0 radical (unpaired) electrons. The van der Waals surface area contributed by atoms with E-state index < -0.39 is 0 Å². The molecule has 3 nitrogen and oxygen atoms in total. The molecule has 2 aromatic rings. The Morgan fingerprint density at radius 3 is 2.94 bits per heavy atom. The lowest BCUT2D eigenvalue weighted by Gasteiger charge is -2.14. The lowest BCUT2D eigenvalue weighted by Crippen LogP contribution is -2.21. The second-order valence-electron chi connectivity index (χ2n) is 3.96. The van der Waals surface area contributed by atoms with Crippen LogP contribution >= 0.6 is 11.3 Å². The first-order valence-electron chi connectivity index (χ1n) is 5.65. The second-order valence-corrected chi connectivity index (χ2v) is 4.68. The van der Waals surface area contributed by atoms with Gasteiger partial charge in [0.25, 0.3) is 0 Å². The number of phenols is 1. The van der Waals surface area contributed by atoms with Gasteiger partial charge in [-0.25, -0.2) is 4.98 Å². The normalized spacial score (nSPS) is 12.5. The summed E-state index contributed by atoms with van der Waals surface area (Å²) in [5.74, 6) is 0.348. The fourth-order valence-electron chi connectivity index (χ4n) is 1.74. The number of benzene rings is 1. The molecule has 1 unspecified atom stereocenters. The maximum absolute atomic E-state index is 9.71. The molecule has 1 atom stereocenters. The highest BCUT2D eigenvalue weighted by atomic mass is 32.1. The Balaban J connectivity index is 1.85. The maximum Gasteiger partial charge on any atom is 0.120 e. The Morgan fingerprint density at radius 1 is 1.41 bits per heavy atom. The Bertz CT molecular complexity index is 456. The standard InChI is InChI=1S/C13H16N2OS/c1-10(12-4-2-3-5-13(12)16)14-7-6-11-8-17-9-15-11/h2-5,8-10,14,16H,6-7H2,1H3. The van der Waals surface area contributed by atoms with Crippen molar-refractivity contribution in [3.8, 4) is 5.75 Å². The van der Waals surface area contributed by atoms with Crippen molar-refractivity contribution >= 4 is 11.3 Å². The van der Waals surface area contributed by atoms with Crippen LogP contribution in [0.4, 0.5) is 0 Å². The van der Waals surface area contributed by atoms with Gasteiger partial charge in [-0.15, -0.1) is 11.3 Å². The highest BCUT2D eigenvalue weighted by molar-refractivity contribution is 7.07. The van der Waals surface area contributed by atoms with Gasteiger partial charge in [0, 0.05) is 30.0 Å². The van der Waals surface area contributed by atoms with E-state index in [4.69, 9.17) is 0 Å². The molecule has 0 aliphatic carbocycles. The molecular weight excluding hydrogens is 232 g/mol. The predicted octanol–water partition coefficient (Wildman–Crippen LogP) is 2.74. The van der Waals surface area contributed by atoms with E-state index in [9.17, 15) is 5.11 Å². The maximum atomic E-state index is 9.71. The molecule has 0 spiro atoms. The van der Waals surface area contributed by atoms with Gasteiger partial charge in [-0.3, -0.25) is 0 Å². The van der Waals surface area contributed by atoms with Crippen LogP contribution in [0.3, 0.4) is 0 Å². The van der Waals surface area contributed by atoms with Gasteiger partial charge in [-0.1, -0.05) is 18.2 Å². The Labute approximate surface area is 105 Å². The van der Waals surface area contributed by atoms with Crippen LogP contribution in [0.5, 0.6) is 5.75 Å². The number of aromatic nitrogens is 1. The van der Waals surface area contributed by atoms with Crippen LogP contribution in [0, 0.1) is 0 Å². The molecule has 2 rings (SSSR count). The minimum atomic E-state index is 0.148. The summed E-state index contributed by atoms with van der Waals surface area (Å²) in [6.45, 7) is 2.91. The van der Waals surface area contributed by atoms with E-state index in [1.807, 2.05) is 23.7 Å². The van der Waals surface area contributed by atoms with Crippen molar-refractivity contribution in [1.82, 2.24) is 10.3 Å². The fourth-order valence-corrected chi connectivity index (χ4v) is 2.33. The van der Waals surface area contributed by atoms with Crippen LogP contribution in [0.15, 0.2) is 35.2 Å². The molecule has 1 aromatic carbocycles. The zero-order valence-electron chi connectivity index (χ0n) is 9.76. The SMILES string of the molecule is CC(NCCc1cscn1)c1ccccc1O. The largest absolute Gasteiger partial charge is 0.508 e. The summed E-state index contributed by atoms with van der Waals surface area (Å²) in [6, 6.07) is 7.58. The third kappa shape index (κ3) is 3.28. The van der Waals surface area contributed by atoms with E-state index >= 15 is 0 Å². The van der Waals surface area contributed by atoms with Crippen molar-refractivity contribution in [2.75, 3.05) is 6.54 Å². The molecule has 0 aliphatic heterocycles. The first-order valence-corrected chi connectivity index (χ1v) is 6.60.